The third kappa shape index (κ3) is 2.52. The highest BCUT2D eigenvalue weighted by Crippen LogP contribution is 2.23. The lowest BCUT2D eigenvalue weighted by Crippen LogP contribution is -2.00. The number of rotatable bonds is 3. The summed E-state index contributed by atoms with van der Waals surface area (Å²) in [6.07, 6.45) is 1.99. The maximum absolute atomic E-state index is 13.0. The largest absolute Gasteiger partial charge is 0.478 e. The average molecular weight is 283 g/mol. The molecule has 3 nitrogen and oxygen atoms in total. The van der Waals surface area contributed by atoms with Crippen molar-refractivity contribution in [2.45, 2.75) is 13.5 Å². The Bertz CT molecular complexity index is 819. The molecule has 0 aliphatic heterocycles. The smallest absolute Gasteiger partial charge is 0.335 e. The fraction of sp³-hybridized carbons (Fsp3) is 0.118. The Morgan fingerprint density at radius 2 is 1.90 bits per heavy atom. The van der Waals surface area contributed by atoms with E-state index < -0.39 is 5.97 Å². The quantitative estimate of drug-likeness (QED) is 0.793. The maximum atomic E-state index is 13.0. The summed E-state index contributed by atoms with van der Waals surface area (Å²) in [4.78, 5) is 11.1. The molecule has 0 bridgehead atoms. The summed E-state index contributed by atoms with van der Waals surface area (Å²) in [5.41, 5.74) is 3.19. The van der Waals surface area contributed by atoms with Gasteiger partial charge in [0.05, 0.1) is 5.56 Å². The molecule has 106 valence electrons. The number of carbonyl (C=O) groups is 1. The lowest BCUT2D eigenvalue weighted by Gasteiger charge is -2.06. The molecule has 0 aliphatic carbocycles. The number of carboxylic acids is 1. The van der Waals surface area contributed by atoms with E-state index in [4.69, 9.17) is 5.11 Å². The minimum atomic E-state index is -0.941. The number of carboxylic acid groups (broad SMARTS) is 1. The van der Waals surface area contributed by atoms with Crippen LogP contribution in [0.3, 0.4) is 0 Å². The van der Waals surface area contributed by atoms with Gasteiger partial charge in [-0.15, -0.1) is 0 Å². The Kier molecular flexibility index (Phi) is 3.22. The number of benzene rings is 2. The van der Waals surface area contributed by atoms with Gasteiger partial charge in [0.25, 0.3) is 0 Å². The van der Waals surface area contributed by atoms with E-state index in [9.17, 15) is 9.18 Å². The second-order valence-electron chi connectivity index (χ2n) is 5.10. The van der Waals surface area contributed by atoms with Crippen molar-refractivity contribution in [2.75, 3.05) is 0 Å². The first kappa shape index (κ1) is 13.4. The second kappa shape index (κ2) is 5.05. The number of hydrogen-bond donors (Lipinski definition) is 1. The van der Waals surface area contributed by atoms with E-state index >= 15 is 0 Å². The molecular weight excluding hydrogens is 269 g/mol. The van der Waals surface area contributed by atoms with E-state index in [1.54, 1.807) is 24.3 Å². The summed E-state index contributed by atoms with van der Waals surface area (Å²) < 4.78 is 14.9. The van der Waals surface area contributed by atoms with Crippen LogP contribution in [0.15, 0.2) is 48.7 Å². The minimum Gasteiger partial charge on any atom is -0.478 e. The normalized spacial score (nSPS) is 11.0. The molecule has 1 N–H and O–H groups in total. The van der Waals surface area contributed by atoms with Gasteiger partial charge in [0.1, 0.15) is 5.82 Å². The van der Waals surface area contributed by atoms with Crippen LogP contribution in [-0.2, 0) is 6.54 Å². The number of aromatic nitrogens is 1. The molecule has 0 atom stereocenters. The number of halogens is 1. The Morgan fingerprint density at radius 3 is 2.57 bits per heavy atom. The molecule has 0 saturated heterocycles. The topological polar surface area (TPSA) is 42.2 Å². The molecule has 3 aromatic rings. The Hall–Kier alpha value is -2.62. The van der Waals surface area contributed by atoms with E-state index in [0.29, 0.717) is 6.54 Å². The third-order valence-corrected chi connectivity index (χ3v) is 3.59. The van der Waals surface area contributed by atoms with Crippen LogP contribution >= 0.6 is 0 Å². The second-order valence-corrected chi connectivity index (χ2v) is 5.10. The number of hydrogen-bond acceptors (Lipinski definition) is 1. The van der Waals surface area contributed by atoms with Gasteiger partial charge in [0, 0.05) is 23.6 Å². The summed E-state index contributed by atoms with van der Waals surface area (Å²) in [7, 11) is 0. The molecule has 2 aromatic carbocycles. The van der Waals surface area contributed by atoms with E-state index in [0.717, 1.165) is 22.0 Å². The van der Waals surface area contributed by atoms with Crippen molar-refractivity contribution >= 4 is 16.9 Å². The molecule has 1 aromatic heterocycles. The molecule has 3 rings (SSSR count). The fourth-order valence-electron chi connectivity index (χ4n) is 2.53. The van der Waals surface area contributed by atoms with Gasteiger partial charge in [-0.2, -0.15) is 0 Å². The predicted octanol–water partition coefficient (Wildman–Crippen LogP) is 3.84. The lowest BCUT2D eigenvalue weighted by molar-refractivity contribution is 0.0697. The van der Waals surface area contributed by atoms with Gasteiger partial charge in [-0.05, 0) is 42.3 Å². The van der Waals surface area contributed by atoms with Crippen molar-refractivity contribution in [3.8, 4) is 0 Å². The van der Waals surface area contributed by atoms with Crippen LogP contribution in [0.2, 0.25) is 0 Å². The van der Waals surface area contributed by atoms with Gasteiger partial charge in [-0.25, -0.2) is 9.18 Å². The van der Waals surface area contributed by atoms with Gasteiger partial charge >= 0.3 is 5.97 Å². The Labute approximate surface area is 121 Å². The monoisotopic (exact) mass is 283 g/mol. The van der Waals surface area contributed by atoms with Crippen molar-refractivity contribution in [1.82, 2.24) is 4.57 Å². The van der Waals surface area contributed by atoms with Crippen molar-refractivity contribution in [2.24, 2.45) is 0 Å². The standard InChI is InChI=1S/C17H14FNO2/c1-11-9-19(10-12-2-5-14(18)6-3-12)16-8-13(17(20)21)4-7-15(11)16/h2-9H,10H2,1H3,(H,20,21). The Morgan fingerprint density at radius 1 is 1.19 bits per heavy atom. The highest BCUT2D eigenvalue weighted by molar-refractivity contribution is 5.94. The van der Waals surface area contributed by atoms with Gasteiger partial charge in [0.2, 0.25) is 0 Å². The minimum absolute atomic E-state index is 0.263. The van der Waals surface area contributed by atoms with Gasteiger partial charge in [-0.1, -0.05) is 18.2 Å². The van der Waals surface area contributed by atoms with Gasteiger partial charge in [-0.3, -0.25) is 0 Å². The highest BCUT2D eigenvalue weighted by atomic mass is 19.1. The summed E-state index contributed by atoms with van der Waals surface area (Å²) in [6.45, 7) is 2.57. The van der Waals surface area contributed by atoms with Crippen LogP contribution in [0.4, 0.5) is 4.39 Å². The zero-order chi connectivity index (χ0) is 15.0. The molecule has 4 heteroatoms. The number of nitrogens with zero attached hydrogens (tertiary/aromatic N) is 1. The first-order valence-electron chi connectivity index (χ1n) is 6.62. The molecule has 0 radical (unpaired) electrons. The molecule has 0 unspecified atom stereocenters. The number of fused-ring (bicyclic) bond motifs is 1. The van der Waals surface area contributed by atoms with Crippen molar-refractivity contribution < 1.29 is 14.3 Å². The zero-order valence-corrected chi connectivity index (χ0v) is 11.5. The molecule has 0 amide bonds. The van der Waals surface area contributed by atoms with Crippen LogP contribution in [0.5, 0.6) is 0 Å². The number of aryl methyl sites for hydroxylation is 1. The molecule has 0 saturated carbocycles. The first-order chi connectivity index (χ1) is 10.0. The zero-order valence-electron chi connectivity index (χ0n) is 11.5. The average Bonchev–Trinajstić information content (AvgIpc) is 2.77. The van der Waals surface area contributed by atoms with Crippen molar-refractivity contribution in [3.05, 3.63) is 71.2 Å². The fourth-order valence-corrected chi connectivity index (χ4v) is 2.53. The summed E-state index contributed by atoms with van der Waals surface area (Å²) in [5, 5.41) is 10.1. The first-order valence-corrected chi connectivity index (χ1v) is 6.62. The van der Waals surface area contributed by atoms with E-state index in [1.807, 2.05) is 23.8 Å². The highest BCUT2D eigenvalue weighted by Gasteiger charge is 2.10. The van der Waals surface area contributed by atoms with Crippen LogP contribution in [0.25, 0.3) is 10.9 Å². The van der Waals surface area contributed by atoms with Crippen LogP contribution in [0, 0.1) is 12.7 Å². The molecule has 0 fully saturated rings. The van der Waals surface area contributed by atoms with E-state index in [1.165, 1.54) is 12.1 Å². The van der Waals surface area contributed by atoms with Crippen molar-refractivity contribution in [1.29, 1.82) is 0 Å². The SMILES string of the molecule is Cc1cn(Cc2ccc(F)cc2)c2cc(C(=O)O)ccc12. The van der Waals surface area contributed by atoms with Gasteiger partial charge < -0.3 is 9.67 Å². The molecule has 0 aliphatic rings. The summed E-state index contributed by atoms with van der Waals surface area (Å²) in [6, 6.07) is 11.4. The van der Waals surface area contributed by atoms with Crippen LogP contribution < -0.4 is 0 Å². The van der Waals surface area contributed by atoms with Crippen molar-refractivity contribution in [3.63, 3.8) is 0 Å². The predicted molar refractivity (Wildman–Crippen MR) is 79.1 cm³/mol. The molecular formula is C17H14FNO2. The summed E-state index contributed by atoms with van der Waals surface area (Å²) >= 11 is 0. The van der Waals surface area contributed by atoms with E-state index in [-0.39, 0.29) is 11.4 Å². The molecule has 0 spiro atoms. The Balaban J connectivity index is 2.07. The van der Waals surface area contributed by atoms with E-state index in [2.05, 4.69) is 0 Å². The van der Waals surface area contributed by atoms with Crippen LogP contribution in [-0.4, -0.2) is 15.6 Å². The van der Waals surface area contributed by atoms with Crippen LogP contribution in [0.1, 0.15) is 21.5 Å². The number of aromatic carboxylic acids is 1. The molecule has 1 heterocycles. The molecule has 21 heavy (non-hydrogen) atoms. The lowest BCUT2D eigenvalue weighted by atomic mass is 10.1. The summed E-state index contributed by atoms with van der Waals surface area (Å²) in [5.74, 6) is -1.20. The third-order valence-electron chi connectivity index (χ3n) is 3.59. The van der Waals surface area contributed by atoms with Gasteiger partial charge in [0.15, 0.2) is 0 Å². The maximum Gasteiger partial charge on any atom is 0.335 e.